The molecule has 0 atom stereocenters. The van der Waals surface area contributed by atoms with Crippen molar-refractivity contribution >= 4 is 5.69 Å². The fraction of sp³-hybridized carbons (Fsp3) is 0. The van der Waals surface area contributed by atoms with Crippen molar-refractivity contribution in [2.45, 2.75) is 0 Å². The van der Waals surface area contributed by atoms with E-state index < -0.39 is 0 Å². The lowest BCUT2D eigenvalue weighted by Gasteiger charge is -1.97. The zero-order valence-corrected chi connectivity index (χ0v) is 10.3. The van der Waals surface area contributed by atoms with E-state index in [1.54, 1.807) is 18.2 Å². The normalized spacial score (nSPS) is 10.0. The van der Waals surface area contributed by atoms with Gasteiger partial charge in [-0.15, -0.1) is 0 Å². The average Bonchev–Trinajstić information content (AvgIpc) is 2.99. The zero-order valence-electron chi connectivity index (χ0n) is 10.3. The smallest absolute Gasteiger partial charge is 0.258 e. The molecule has 3 rings (SSSR count). The van der Waals surface area contributed by atoms with Crippen LogP contribution in [0.15, 0.2) is 64.2 Å². The minimum absolute atomic E-state index is 0.326. The van der Waals surface area contributed by atoms with E-state index in [4.69, 9.17) is 10.1 Å². The molecule has 0 spiro atoms. The van der Waals surface area contributed by atoms with Crippen LogP contribution >= 0.6 is 0 Å². The summed E-state index contributed by atoms with van der Waals surface area (Å²) in [6, 6.07) is 16.6. The molecule has 96 valence electrons. The van der Waals surface area contributed by atoms with E-state index in [1.165, 1.54) is 0 Å². The van der Waals surface area contributed by atoms with Gasteiger partial charge in [-0.3, -0.25) is 0 Å². The first kappa shape index (κ1) is 12.0. The Hall–Kier alpha value is -3.11. The van der Waals surface area contributed by atoms with E-state index in [9.17, 15) is 0 Å². The molecule has 0 aliphatic rings. The Balaban J connectivity index is 2.05. The van der Waals surface area contributed by atoms with Gasteiger partial charge in [-0.1, -0.05) is 58.8 Å². The summed E-state index contributed by atoms with van der Waals surface area (Å²) in [5.41, 5.74) is 10.5. The number of benzene rings is 2. The molecule has 0 unspecified atom stereocenters. The van der Waals surface area contributed by atoms with E-state index in [2.05, 4.69) is 20.2 Å². The van der Waals surface area contributed by atoms with Crippen LogP contribution in [0, 0.1) is 0 Å². The lowest BCUT2D eigenvalue weighted by atomic mass is 10.2. The van der Waals surface area contributed by atoms with Crippen LogP contribution in [0.2, 0.25) is 0 Å². The number of azide groups is 1. The number of aromatic nitrogens is 2. The van der Waals surface area contributed by atoms with E-state index in [1.807, 2.05) is 36.4 Å². The van der Waals surface area contributed by atoms with Gasteiger partial charge in [-0.2, -0.15) is 4.98 Å². The number of hydrogen-bond donors (Lipinski definition) is 0. The first-order chi connectivity index (χ1) is 9.88. The van der Waals surface area contributed by atoms with Crippen molar-refractivity contribution in [1.82, 2.24) is 10.1 Å². The summed E-state index contributed by atoms with van der Waals surface area (Å²) >= 11 is 0. The highest BCUT2D eigenvalue weighted by molar-refractivity contribution is 5.70. The first-order valence-corrected chi connectivity index (χ1v) is 5.92. The molecule has 0 amide bonds. The van der Waals surface area contributed by atoms with Gasteiger partial charge in [-0.05, 0) is 11.6 Å². The van der Waals surface area contributed by atoms with Crippen molar-refractivity contribution in [1.29, 1.82) is 0 Å². The highest BCUT2D eigenvalue weighted by Gasteiger charge is 2.12. The molecule has 0 fully saturated rings. The van der Waals surface area contributed by atoms with Crippen LogP contribution in [0.3, 0.4) is 0 Å². The predicted octanol–water partition coefficient (Wildman–Crippen LogP) is 4.35. The van der Waals surface area contributed by atoms with Crippen LogP contribution in [0.5, 0.6) is 0 Å². The summed E-state index contributed by atoms with van der Waals surface area (Å²) in [5, 5.41) is 7.56. The Labute approximate surface area is 114 Å². The van der Waals surface area contributed by atoms with Crippen LogP contribution in [0.4, 0.5) is 5.69 Å². The van der Waals surface area contributed by atoms with Crippen LogP contribution in [-0.4, -0.2) is 10.1 Å². The molecule has 0 aliphatic carbocycles. The SMILES string of the molecule is [N-]=[N+]=Nc1ccccc1-c1nc(-c2ccccc2)no1. The molecule has 20 heavy (non-hydrogen) atoms. The number of nitrogens with zero attached hydrogens (tertiary/aromatic N) is 5. The molecule has 2 aromatic carbocycles. The lowest BCUT2D eigenvalue weighted by molar-refractivity contribution is 0.432. The quantitative estimate of drug-likeness (QED) is 0.400. The standard InChI is InChI=1S/C14H9N5O/c15-19-17-12-9-5-4-8-11(12)14-16-13(18-20-14)10-6-2-1-3-7-10/h1-9H. The second kappa shape index (κ2) is 5.26. The van der Waals surface area contributed by atoms with E-state index >= 15 is 0 Å². The predicted molar refractivity (Wildman–Crippen MR) is 74.0 cm³/mol. The second-order valence-electron chi connectivity index (χ2n) is 4.00. The molecule has 0 aliphatic heterocycles. The molecule has 0 N–H and O–H groups in total. The van der Waals surface area contributed by atoms with Crippen LogP contribution < -0.4 is 0 Å². The molecule has 0 radical (unpaired) electrons. The Morgan fingerprint density at radius 2 is 1.75 bits per heavy atom. The molecular formula is C14H9N5O. The van der Waals surface area contributed by atoms with E-state index in [0.717, 1.165) is 5.56 Å². The third-order valence-corrected chi connectivity index (χ3v) is 2.74. The number of rotatable bonds is 3. The van der Waals surface area contributed by atoms with Crippen molar-refractivity contribution in [2.75, 3.05) is 0 Å². The molecule has 3 aromatic rings. The van der Waals surface area contributed by atoms with Gasteiger partial charge in [0.2, 0.25) is 5.82 Å². The fourth-order valence-corrected chi connectivity index (χ4v) is 1.83. The lowest BCUT2D eigenvalue weighted by Crippen LogP contribution is -1.81. The minimum Gasteiger partial charge on any atom is -0.334 e. The largest absolute Gasteiger partial charge is 0.334 e. The van der Waals surface area contributed by atoms with Crippen molar-refractivity contribution in [3.05, 3.63) is 65.0 Å². The van der Waals surface area contributed by atoms with E-state index in [0.29, 0.717) is 23.0 Å². The molecule has 1 aromatic heterocycles. The van der Waals surface area contributed by atoms with Crippen LogP contribution in [-0.2, 0) is 0 Å². The van der Waals surface area contributed by atoms with Crippen molar-refractivity contribution < 1.29 is 4.52 Å². The molecule has 0 saturated heterocycles. The van der Waals surface area contributed by atoms with Gasteiger partial charge in [0.05, 0.1) is 5.69 Å². The van der Waals surface area contributed by atoms with Crippen molar-refractivity contribution in [2.24, 2.45) is 5.11 Å². The molecule has 0 saturated carbocycles. The van der Waals surface area contributed by atoms with Crippen LogP contribution in [0.1, 0.15) is 0 Å². The third kappa shape index (κ3) is 2.23. The van der Waals surface area contributed by atoms with Gasteiger partial charge in [0, 0.05) is 16.0 Å². The van der Waals surface area contributed by atoms with Crippen LogP contribution in [0.25, 0.3) is 33.3 Å². The molecule has 0 bridgehead atoms. The summed E-state index contributed by atoms with van der Waals surface area (Å²) in [6.45, 7) is 0. The van der Waals surface area contributed by atoms with Gasteiger partial charge in [0.1, 0.15) is 0 Å². The highest BCUT2D eigenvalue weighted by atomic mass is 16.5. The monoisotopic (exact) mass is 263 g/mol. The maximum atomic E-state index is 8.57. The zero-order chi connectivity index (χ0) is 13.8. The van der Waals surface area contributed by atoms with Gasteiger partial charge in [-0.25, -0.2) is 0 Å². The minimum atomic E-state index is 0.326. The van der Waals surface area contributed by atoms with Crippen molar-refractivity contribution in [3.63, 3.8) is 0 Å². The maximum absolute atomic E-state index is 8.57. The topological polar surface area (TPSA) is 87.7 Å². The summed E-state index contributed by atoms with van der Waals surface area (Å²) in [4.78, 5) is 7.12. The Kier molecular flexibility index (Phi) is 3.14. The van der Waals surface area contributed by atoms with Gasteiger partial charge in [0.25, 0.3) is 5.89 Å². The Morgan fingerprint density at radius 1 is 1.00 bits per heavy atom. The summed E-state index contributed by atoms with van der Waals surface area (Å²) < 4.78 is 5.25. The first-order valence-electron chi connectivity index (χ1n) is 5.92. The maximum Gasteiger partial charge on any atom is 0.258 e. The van der Waals surface area contributed by atoms with E-state index in [-0.39, 0.29) is 0 Å². The van der Waals surface area contributed by atoms with Gasteiger partial charge >= 0.3 is 0 Å². The summed E-state index contributed by atoms with van der Waals surface area (Å²) in [7, 11) is 0. The Bertz CT molecular complexity index is 775. The Morgan fingerprint density at radius 3 is 2.55 bits per heavy atom. The highest BCUT2D eigenvalue weighted by Crippen LogP contribution is 2.30. The molecule has 6 nitrogen and oxygen atoms in total. The molecule has 6 heteroatoms. The molecule has 1 heterocycles. The molecular weight excluding hydrogens is 254 g/mol. The number of hydrogen-bond acceptors (Lipinski definition) is 4. The fourth-order valence-electron chi connectivity index (χ4n) is 1.83. The average molecular weight is 263 g/mol. The van der Waals surface area contributed by atoms with Gasteiger partial charge < -0.3 is 4.52 Å². The van der Waals surface area contributed by atoms with Crippen molar-refractivity contribution in [3.8, 4) is 22.8 Å². The summed E-state index contributed by atoms with van der Waals surface area (Å²) in [5.74, 6) is 0.822. The second-order valence-corrected chi connectivity index (χ2v) is 4.00. The van der Waals surface area contributed by atoms with Gasteiger partial charge in [0.15, 0.2) is 0 Å². The third-order valence-electron chi connectivity index (χ3n) is 2.74. The summed E-state index contributed by atoms with van der Waals surface area (Å²) in [6.07, 6.45) is 0.